The zero-order valence-corrected chi connectivity index (χ0v) is 19.1. The Morgan fingerprint density at radius 2 is 1.62 bits per heavy atom. The first kappa shape index (κ1) is 23.5. The minimum atomic E-state index is -3.75. The molecule has 1 heterocycles. The molecule has 0 fully saturated rings. The van der Waals surface area contributed by atoms with E-state index in [1.165, 1.54) is 23.5 Å². The molecule has 2 amide bonds. The third kappa shape index (κ3) is 5.95. The lowest BCUT2D eigenvalue weighted by atomic mass is 10.1. The molecule has 168 valence electrons. The van der Waals surface area contributed by atoms with Gasteiger partial charge >= 0.3 is 11.8 Å². The van der Waals surface area contributed by atoms with Gasteiger partial charge in [0.15, 0.2) is 9.84 Å². The second-order valence-electron chi connectivity index (χ2n) is 6.93. The summed E-state index contributed by atoms with van der Waals surface area (Å²) in [6, 6.07) is 18.9. The quantitative estimate of drug-likeness (QED) is 0.467. The Kier molecular flexibility index (Phi) is 8.02. The molecule has 7 nitrogen and oxygen atoms in total. The predicted molar refractivity (Wildman–Crippen MR) is 123 cm³/mol. The average molecular weight is 473 g/mol. The molecule has 32 heavy (non-hydrogen) atoms. The van der Waals surface area contributed by atoms with Gasteiger partial charge in [-0.2, -0.15) is 0 Å². The highest BCUT2D eigenvalue weighted by Gasteiger charge is 2.31. The van der Waals surface area contributed by atoms with Crippen molar-refractivity contribution in [3.8, 4) is 5.75 Å². The number of hydrogen-bond acceptors (Lipinski definition) is 6. The first-order valence-corrected chi connectivity index (χ1v) is 12.4. The van der Waals surface area contributed by atoms with Gasteiger partial charge in [-0.25, -0.2) is 8.42 Å². The first-order chi connectivity index (χ1) is 15.4. The predicted octanol–water partition coefficient (Wildman–Crippen LogP) is 2.75. The molecule has 3 aromatic rings. The van der Waals surface area contributed by atoms with Gasteiger partial charge in [-0.3, -0.25) is 9.59 Å². The van der Waals surface area contributed by atoms with Gasteiger partial charge in [-0.15, -0.1) is 11.3 Å². The molecule has 0 aliphatic carbocycles. The molecule has 9 heteroatoms. The molecule has 0 unspecified atom stereocenters. The normalized spacial score (nSPS) is 12.0. The van der Waals surface area contributed by atoms with E-state index in [9.17, 15) is 18.0 Å². The van der Waals surface area contributed by atoms with Crippen LogP contribution in [0.25, 0.3) is 0 Å². The van der Waals surface area contributed by atoms with Crippen molar-refractivity contribution in [1.82, 2.24) is 10.6 Å². The second-order valence-corrected chi connectivity index (χ2v) is 10.0. The number of amides is 2. The highest BCUT2D eigenvalue weighted by atomic mass is 32.2. The van der Waals surface area contributed by atoms with Crippen molar-refractivity contribution in [3.05, 3.63) is 82.6 Å². The molecule has 0 radical (unpaired) electrons. The zero-order valence-electron chi connectivity index (χ0n) is 17.5. The van der Waals surface area contributed by atoms with E-state index in [0.717, 1.165) is 11.3 Å². The third-order valence-electron chi connectivity index (χ3n) is 4.82. The average Bonchev–Trinajstić information content (AvgIpc) is 3.34. The topological polar surface area (TPSA) is 102 Å². The summed E-state index contributed by atoms with van der Waals surface area (Å²) >= 11 is 1.29. The van der Waals surface area contributed by atoms with Crippen molar-refractivity contribution >= 4 is 33.0 Å². The van der Waals surface area contributed by atoms with E-state index in [0.29, 0.717) is 11.3 Å². The summed E-state index contributed by atoms with van der Waals surface area (Å²) in [5.74, 6) is -0.937. The van der Waals surface area contributed by atoms with E-state index in [-0.39, 0.29) is 18.0 Å². The highest BCUT2D eigenvalue weighted by molar-refractivity contribution is 7.91. The Morgan fingerprint density at radius 3 is 2.25 bits per heavy atom. The fourth-order valence-corrected chi connectivity index (χ4v) is 5.88. The number of sulfone groups is 1. The molecule has 0 aliphatic heterocycles. The molecule has 0 spiro atoms. The maximum Gasteiger partial charge on any atom is 0.309 e. The van der Waals surface area contributed by atoms with E-state index in [1.54, 1.807) is 42.8 Å². The summed E-state index contributed by atoms with van der Waals surface area (Å²) in [5, 5.41) is 5.82. The van der Waals surface area contributed by atoms with Crippen molar-refractivity contribution in [1.29, 1.82) is 0 Å². The van der Waals surface area contributed by atoms with Crippen LogP contribution in [0.1, 0.15) is 15.7 Å². The number of carbonyl (C=O) groups excluding carboxylic acids is 2. The van der Waals surface area contributed by atoms with Crippen LogP contribution in [0.2, 0.25) is 0 Å². The van der Waals surface area contributed by atoms with E-state index in [4.69, 9.17) is 4.74 Å². The number of methoxy groups -OCH3 is 1. The van der Waals surface area contributed by atoms with Gasteiger partial charge in [-0.1, -0.05) is 36.4 Å². The maximum absolute atomic E-state index is 13.1. The number of benzene rings is 2. The largest absolute Gasteiger partial charge is 0.497 e. The summed E-state index contributed by atoms with van der Waals surface area (Å²) in [6.07, 6.45) is 0.545. The Morgan fingerprint density at radius 1 is 0.938 bits per heavy atom. The minimum Gasteiger partial charge on any atom is -0.497 e. The van der Waals surface area contributed by atoms with Gasteiger partial charge in [0.1, 0.15) is 11.0 Å². The molecule has 0 saturated carbocycles. The first-order valence-electron chi connectivity index (χ1n) is 9.93. The highest BCUT2D eigenvalue weighted by Crippen LogP contribution is 2.31. The van der Waals surface area contributed by atoms with Crippen molar-refractivity contribution in [2.45, 2.75) is 16.6 Å². The van der Waals surface area contributed by atoms with Gasteiger partial charge in [-0.05, 0) is 47.7 Å². The summed E-state index contributed by atoms with van der Waals surface area (Å²) in [7, 11) is -2.17. The number of ether oxygens (including phenoxy) is 1. The number of thiophene rings is 1. The maximum atomic E-state index is 13.1. The smallest absolute Gasteiger partial charge is 0.309 e. The van der Waals surface area contributed by atoms with Crippen LogP contribution < -0.4 is 15.4 Å². The summed E-state index contributed by atoms with van der Waals surface area (Å²) < 4.78 is 31.4. The lowest BCUT2D eigenvalue weighted by Gasteiger charge is -2.17. The van der Waals surface area contributed by atoms with Crippen LogP contribution in [-0.4, -0.2) is 40.4 Å². The Balaban J connectivity index is 1.58. The van der Waals surface area contributed by atoms with Crippen LogP contribution in [0.15, 0.2) is 77.0 Å². The van der Waals surface area contributed by atoms with E-state index in [2.05, 4.69) is 10.6 Å². The molecule has 0 bridgehead atoms. The molecular weight excluding hydrogens is 448 g/mol. The van der Waals surface area contributed by atoms with Crippen LogP contribution in [0, 0.1) is 0 Å². The molecule has 2 aromatic carbocycles. The molecule has 2 N–H and O–H groups in total. The Hall–Kier alpha value is -3.17. The fourth-order valence-electron chi connectivity index (χ4n) is 3.07. The molecule has 1 atom stereocenters. The van der Waals surface area contributed by atoms with Crippen molar-refractivity contribution in [2.24, 2.45) is 0 Å². The van der Waals surface area contributed by atoms with E-state index in [1.807, 2.05) is 24.3 Å². The standard InChI is InChI=1S/C23H24N2O5S2/c1-30-18-11-9-17(10-12-18)13-14-24-22(26)23(27)25-16-21(20-8-5-15-31-20)32(28,29)19-6-3-2-4-7-19/h2-12,15,21H,13-14,16H2,1H3,(H,24,26)(H,25,27)/t21-/m0/s1. The Bertz CT molecular complexity index is 1130. The molecular formula is C23H24N2O5S2. The minimum absolute atomic E-state index is 0.164. The van der Waals surface area contributed by atoms with Crippen LogP contribution in [0.4, 0.5) is 0 Å². The summed E-state index contributed by atoms with van der Waals surface area (Å²) in [6.45, 7) is 0.0672. The number of nitrogens with one attached hydrogen (secondary N) is 2. The zero-order chi connectivity index (χ0) is 23.0. The van der Waals surface area contributed by atoms with E-state index >= 15 is 0 Å². The third-order valence-corrected chi connectivity index (χ3v) is 8.05. The van der Waals surface area contributed by atoms with Gasteiger partial charge in [0.2, 0.25) is 0 Å². The lowest BCUT2D eigenvalue weighted by Crippen LogP contribution is -2.42. The summed E-state index contributed by atoms with van der Waals surface area (Å²) in [4.78, 5) is 25.2. The molecule has 0 aliphatic rings. The van der Waals surface area contributed by atoms with Crippen LogP contribution in [0.3, 0.4) is 0 Å². The fraction of sp³-hybridized carbons (Fsp3) is 0.217. The SMILES string of the molecule is COc1ccc(CCNC(=O)C(=O)NC[C@@H](c2cccs2)S(=O)(=O)c2ccccc2)cc1. The molecule has 3 rings (SSSR count). The second kappa shape index (κ2) is 10.9. The Labute approximate surface area is 191 Å². The van der Waals surface area contributed by atoms with Crippen LogP contribution in [-0.2, 0) is 25.8 Å². The van der Waals surface area contributed by atoms with Crippen molar-refractivity contribution < 1.29 is 22.7 Å². The van der Waals surface area contributed by atoms with Crippen LogP contribution >= 0.6 is 11.3 Å². The number of rotatable bonds is 9. The van der Waals surface area contributed by atoms with Crippen molar-refractivity contribution in [2.75, 3.05) is 20.2 Å². The molecule has 0 saturated heterocycles. The van der Waals surface area contributed by atoms with Gasteiger partial charge < -0.3 is 15.4 Å². The number of carbonyl (C=O) groups is 2. The van der Waals surface area contributed by atoms with Gasteiger partial charge in [0, 0.05) is 18.0 Å². The molecule has 1 aromatic heterocycles. The van der Waals surface area contributed by atoms with Crippen molar-refractivity contribution in [3.63, 3.8) is 0 Å². The number of hydrogen-bond donors (Lipinski definition) is 2. The summed E-state index contributed by atoms with van der Waals surface area (Å²) in [5.41, 5.74) is 0.984. The van der Waals surface area contributed by atoms with Gasteiger partial charge in [0.05, 0.1) is 12.0 Å². The lowest BCUT2D eigenvalue weighted by molar-refractivity contribution is -0.139. The van der Waals surface area contributed by atoms with Gasteiger partial charge in [0.25, 0.3) is 0 Å². The van der Waals surface area contributed by atoms with E-state index < -0.39 is 26.9 Å². The van der Waals surface area contributed by atoms with Crippen LogP contribution in [0.5, 0.6) is 5.75 Å². The monoisotopic (exact) mass is 472 g/mol.